The zero-order valence-corrected chi connectivity index (χ0v) is 9.17. The van der Waals surface area contributed by atoms with Crippen molar-refractivity contribution in [2.24, 2.45) is 0 Å². The molecule has 0 atom stereocenters. The van der Waals surface area contributed by atoms with Crippen molar-refractivity contribution in [3.8, 4) is 5.75 Å². The van der Waals surface area contributed by atoms with Gasteiger partial charge in [-0.05, 0) is 24.3 Å². The number of hydrogen-bond donors (Lipinski definition) is 0. The van der Waals surface area contributed by atoms with Gasteiger partial charge in [0.05, 0.1) is 5.69 Å². The molecule has 1 aliphatic heterocycles. The number of para-hydroxylation sites is 3. The van der Waals surface area contributed by atoms with Crippen molar-refractivity contribution in [2.45, 2.75) is 0 Å². The molecule has 0 bridgehead atoms. The number of amides is 1. The molecule has 2 aromatic carbocycles. The molecule has 84 valence electrons. The monoisotopic (exact) mass is 225 g/mol. The lowest BCUT2D eigenvalue weighted by Gasteiger charge is -2.29. The Morgan fingerprint density at radius 2 is 1.65 bits per heavy atom. The topological polar surface area (TPSA) is 29.5 Å². The Balaban J connectivity index is 2.13. The number of anilines is 2. The zero-order chi connectivity index (χ0) is 11.7. The molecule has 0 N–H and O–H groups in total. The summed E-state index contributed by atoms with van der Waals surface area (Å²) in [4.78, 5) is 13.7. The molecule has 0 unspecified atom stereocenters. The number of carbonyl (C=O) groups is 1. The summed E-state index contributed by atoms with van der Waals surface area (Å²) in [6.07, 6.45) is 0. The minimum atomic E-state index is -0.0464. The van der Waals surface area contributed by atoms with E-state index in [1.165, 1.54) is 0 Å². The van der Waals surface area contributed by atoms with Crippen LogP contribution in [0, 0.1) is 0 Å². The first-order chi connectivity index (χ1) is 8.36. The number of hydrogen-bond acceptors (Lipinski definition) is 2. The van der Waals surface area contributed by atoms with Gasteiger partial charge in [-0.15, -0.1) is 0 Å². The Morgan fingerprint density at radius 3 is 2.47 bits per heavy atom. The standard InChI is InChI=1S/C14H11NO2/c16-14-10-17-13-9-5-4-8-12(13)15(14)11-6-2-1-3-7-11/h1-9H,10H2. The van der Waals surface area contributed by atoms with Gasteiger partial charge < -0.3 is 4.74 Å². The summed E-state index contributed by atoms with van der Waals surface area (Å²) in [5.74, 6) is 0.700. The molecule has 0 aromatic heterocycles. The fraction of sp³-hybridized carbons (Fsp3) is 0.0714. The SMILES string of the molecule is O=C1COc2ccccc2N1c1ccccc1. The summed E-state index contributed by atoms with van der Waals surface area (Å²) in [5.41, 5.74) is 1.67. The first-order valence-electron chi connectivity index (χ1n) is 5.46. The van der Waals surface area contributed by atoms with Crippen LogP contribution in [-0.4, -0.2) is 12.5 Å². The summed E-state index contributed by atoms with van der Waals surface area (Å²) < 4.78 is 5.40. The Morgan fingerprint density at radius 1 is 0.941 bits per heavy atom. The normalized spacial score (nSPS) is 14.1. The lowest BCUT2D eigenvalue weighted by atomic mass is 10.2. The molecule has 0 fully saturated rings. The number of fused-ring (bicyclic) bond motifs is 1. The van der Waals surface area contributed by atoms with Crippen molar-refractivity contribution in [2.75, 3.05) is 11.5 Å². The molecule has 1 amide bonds. The quantitative estimate of drug-likeness (QED) is 0.746. The third kappa shape index (κ3) is 1.65. The molecule has 1 heterocycles. The molecular weight excluding hydrogens is 214 g/mol. The molecule has 0 spiro atoms. The van der Waals surface area contributed by atoms with Crippen LogP contribution in [0.5, 0.6) is 5.75 Å². The highest BCUT2D eigenvalue weighted by Crippen LogP contribution is 2.36. The number of benzene rings is 2. The maximum atomic E-state index is 12.0. The van der Waals surface area contributed by atoms with Crippen LogP contribution >= 0.6 is 0 Å². The van der Waals surface area contributed by atoms with E-state index in [1.807, 2.05) is 54.6 Å². The Hall–Kier alpha value is -2.29. The first-order valence-corrected chi connectivity index (χ1v) is 5.46. The van der Waals surface area contributed by atoms with Crippen molar-refractivity contribution in [3.63, 3.8) is 0 Å². The Bertz CT molecular complexity index is 551. The molecule has 0 radical (unpaired) electrons. The number of carbonyl (C=O) groups excluding carboxylic acids is 1. The predicted molar refractivity (Wildman–Crippen MR) is 65.5 cm³/mol. The summed E-state index contributed by atoms with van der Waals surface area (Å²) in [6.45, 7) is 0.0892. The zero-order valence-electron chi connectivity index (χ0n) is 9.17. The van der Waals surface area contributed by atoms with E-state index in [-0.39, 0.29) is 12.5 Å². The van der Waals surface area contributed by atoms with Crippen LogP contribution in [-0.2, 0) is 4.79 Å². The summed E-state index contributed by atoms with van der Waals surface area (Å²) >= 11 is 0. The van der Waals surface area contributed by atoms with E-state index in [0.717, 1.165) is 17.1 Å². The van der Waals surface area contributed by atoms with Crippen LogP contribution in [0.25, 0.3) is 0 Å². The van der Waals surface area contributed by atoms with Crippen LogP contribution in [0.2, 0.25) is 0 Å². The molecule has 3 nitrogen and oxygen atoms in total. The average molecular weight is 225 g/mol. The Labute approximate surface area is 99.2 Å². The maximum Gasteiger partial charge on any atom is 0.269 e. The van der Waals surface area contributed by atoms with Crippen molar-refractivity contribution >= 4 is 17.3 Å². The summed E-state index contributed by atoms with van der Waals surface area (Å²) in [7, 11) is 0. The van der Waals surface area contributed by atoms with Gasteiger partial charge in [-0.1, -0.05) is 30.3 Å². The maximum absolute atomic E-state index is 12.0. The van der Waals surface area contributed by atoms with Crippen molar-refractivity contribution in [1.82, 2.24) is 0 Å². The van der Waals surface area contributed by atoms with Crippen molar-refractivity contribution in [3.05, 3.63) is 54.6 Å². The lowest BCUT2D eigenvalue weighted by Crippen LogP contribution is -2.34. The van der Waals surface area contributed by atoms with Crippen molar-refractivity contribution in [1.29, 1.82) is 0 Å². The summed E-state index contributed by atoms with van der Waals surface area (Å²) in [6, 6.07) is 17.2. The summed E-state index contributed by atoms with van der Waals surface area (Å²) in [5, 5.41) is 0. The van der Waals surface area contributed by atoms with E-state index in [2.05, 4.69) is 0 Å². The average Bonchev–Trinajstić information content (AvgIpc) is 2.39. The van der Waals surface area contributed by atoms with E-state index in [9.17, 15) is 4.79 Å². The minimum absolute atomic E-state index is 0.0464. The fourth-order valence-corrected chi connectivity index (χ4v) is 1.96. The van der Waals surface area contributed by atoms with Crippen molar-refractivity contribution < 1.29 is 9.53 Å². The second kappa shape index (κ2) is 3.94. The molecule has 0 aliphatic carbocycles. The van der Waals surface area contributed by atoms with Gasteiger partial charge in [0.15, 0.2) is 6.61 Å². The molecule has 0 saturated heterocycles. The van der Waals surface area contributed by atoms with Gasteiger partial charge in [0.2, 0.25) is 0 Å². The third-order valence-corrected chi connectivity index (χ3v) is 2.72. The fourth-order valence-electron chi connectivity index (χ4n) is 1.96. The molecule has 17 heavy (non-hydrogen) atoms. The number of rotatable bonds is 1. The minimum Gasteiger partial charge on any atom is -0.482 e. The van der Waals surface area contributed by atoms with Gasteiger partial charge in [-0.2, -0.15) is 0 Å². The van der Waals surface area contributed by atoms with Crippen LogP contribution in [0.1, 0.15) is 0 Å². The van der Waals surface area contributed by atoms with Gasteiger partial charge in [0.25, 0.3) is 5.91 Å². The third-order valence-electron chi connectivity index (χ3n) is 2.72. The first kappa shape index (κ1) is 9.90. The molecule has 0 saturated carbocycles. The van der Waals surface area contributed by atoms with Gasteiger partial charge in [0.1, 0.15) is 5.75 Å². The molecular formula is C14H11NO2. The largest absolute Gasteiger partial charge is 0.482 e. The smallest absolute Gasteiger partial charge is 0.269 e. The Kier molecular flexibility index (Phi) is 2.29. The molecule has 2 aromatic rings. The van der Waals surface area contributed by atoms with E-state index in [0.29, 0.717) is 0 Å². The molecule has 1 aliphatic rings. The van der Waals surface area contributed by atoms with Crippen LogP contribution < -0.4 is 9.64 Å². The molecule has 3 rings (SSSR count). The van der Waals surface area contributed by atoms with Crippen LogP contribution in [0.15, 0.2) is 54.6 Å². The highest BCUT2D eigenvalue weighted by molar-refractivity contribution is 6.04. The highest BCUT2D eigenvalue weighted by Gasteiger charge is 2.26. The van der Waals surface area contributed by atoms with E-state index >= 15 is 0 Å². The van der Waals surface area contributed by atoms with E-state index < -0.39 is 0 Å². The second-order valence-electron chi connectivity index (χ2n) is 3.82. The van der Waals surface area contributed by atoms with Gasteiger partial charge >= 0.3 is 0 Å². The van der Waals surface area contributed by atoms with Gasteiger partial charge in [0, 0.05) is 5.69 Å². The predicted octanol–water partition coefficient (Wildman–Crippen LogP) is 2.74. The molecule has 3 heteroatoms. The van der Waals surface area contributed by atoms with E-state index in [1.54, 1.807) is 4.90 Å². The van der Waals surface area contributed by atoms with Crippen LogP contribution in [0.3, 0.4) is 0 Å². The lowest BCUT2D eigenvalue weighted by molar-refractivity contribution is -0.120. The number of ether oxygens (including phenoxy) is 1. The van der Waals surface area contributed by atoms with Gasteiger partial charge in [-0.25, -0.2) is 0 Å². The van der Waals surface area contributed by atoms with E-state index in [4.69, 9.17) is 4.74 Å². The highest BCUT2D eigenvalue weighted by atomic mass is 16.5. The second-order valence-corrected chi connectivity index (χ2v) is 3.82. The number of nitrogens with zero attached hydrogens (tertiary/aromatic N) is 1. The van der Waals surface area contributed by atoms with Crippen LogP contribution in [0.4, 0.5) is 11.4 Å². The van der Waals surface area contributed by atoms with Gasteiger partial charge in [-0.3, -0.25) is 9.69 Å².